The van der Waals surface area contributed by atoms with E-state index in [1.807, 2.05) is 0 Å². The Morgan fingerprint density at radius 2 is 1.64 bits per heavy atom. The zero-order valence-corrected chi connectivity index (χ0v) is 15.0. The Balaban J connectivity index is 2.73. The molecule has 0 aliphatic rings. The maximum atomic E-state index is 12.5. The van der Waals surface area contributed by atoms with Crippen molar-refractivity contribution in [3.8, 4) is 11.5 Å². The molecule has 1 rings (SSSR count). The largest absolute Gasteiger partial charge is 0.496 e. The molecule has 5 heteroatoms. The van der Waals surface area contributed by atoms with Gasteiger partial charge in [-0.15, -0.1) is 0 Å². The highest BCUT2D eigenvalue weighted by molar-refractivity contribution is 7.64. The van der Waals surface area contributed by atoms with Crippen LogP contribution >= 0.6 is 7.80 Å². The number of ether oxygens (including phenoxy) is 2. The smallest absolute Gasteiger partial charge is 0.420 e. The van der Waals surface area contributed by atoms with Gasteiger partial charge in [0.1, 0.15) is 11.5 Å². The standard InChI is InChI=1S/C17H26O4P/c1-17(2,3)11-6-7-12-22(19)16(18)15-13(20-4)9-8-10-14(15)21-5/h8-10H,6-7,11-12H2,1-5H3/q+1. The van der Waals surface area contributed by atoms with Gasteiger partial charge in [-0.3, -0.25) is 0 Å². The quantitative estimate of drug-likeness (QED) is 0.504. The number of unbranched alkanes of at least 4 members (excludes halogenated alkanes) is 1. The molecule has 0 heterocycles. The Morgan fingerprint density at radius 3 is 2.09 bits per heavy atom. The second-order valence-electron chi connectivity index (χ2n) is 6.46. The molecule has 1 aromatic rings. The van der Waals surface area contributed by atoms with Crippen LogP contribution in [0.1, 0.15) is 50.4 Å². The summed E-state index contributed by atoms with van der Waals surface area (Å²) in [7, 11) is 1.02. The first-order valence-corrected chi connectivity index (χ1v) is 8.94. The minimum absolute atomic E-state index is 0.265. The van der Waals surface area contributed by atoms with Crippen molar-refractivity contribution in [2.75, 3.05) is 20.4 Å². The average molecular weight is 325 g/mol. The van der Waals surface area contributed by atoms with Crippen LogP contribution in [0.2, 0.25) is 0 Å². The van der Waals surface area contributed by atoms with Crippen molar-refractivity contribution < 1.29 is 18.8 Å². The van der Waals surface area contributed by atoms with Gasteiger partial charge in [0.05, 0.1) is 14.2 Å². The lowest BCUT2D eigenvalue weighted by Gasteiger charge is -2.16. The fraction of sp³-hybridized carbons (Fsp3) is 0.588. The highest BCUT2D eigenvalue weighted by Gasteiger charge is 2.34. The molecule has 0 N–H and O–H groups in total. The lowest BCUT2D eigenvalue weighted by Crippen LogP contribution is -2.05. The van der Waals surface area contributed by atoms with E-state index in [4.69, 9.17) is 9.47 Å². The fourth-order valence-electron chi connectivity index (χ4n) is 2.20. The molecule has 0 spiro atoms. The van der Waals surface area contributed by atoms with Gasteiger partial charge in [-0.2, -0.15) is 0 Å². The highest BCUT2D eigenvalue weighted by atomic mass is 31.1. The number of carbonyl (C=O) groups excluding carboxylic acids is 1. The van der Waals surface area contributed by atoms with E-state index in [0.717, 1.165) is 19.3 Å². The first-order valence-electron chi connectivity index (χ1n) is 7.50. The molecule has 0 saturated carbocycles. The molecule has 0 aromatic heterocycles. The van der Waals surface area contributed by atoms with E-state index in [9.17, 15) is 9.36 Å². The number of rotatable bonds is 8. The molecular weight excluding hydrogens is 299 g/mol. The summed E-state index contributed by atoms with van der Waals surface area (Å²) in [5, 5.41) is 0. The molecule has 0 bridgehead atoms. The van der Waals surface area contributed by atoms with Crippen molar-refractivity contribution in [2.45, 2.75) is 40.0 Å². The summed E-state index contributed by atoms with van der Waals surface area (Å²) in [6.07, 6.45) is 3.23. The van der Waals surface area contributed by atoms with Crippen LogP contribution in [-0.2, 0) is 4.57 Å². The molecule has 0 aliphatic heterocycles. The Bertz CT molecular complexity index is 510. The number of hydrogen-bond acceptors (Lipinski definition) is 4. The van der Waals surface area contributed by atoms with Crippen LogP contribution in [0.25, 0.3) is 0 Å². The molecule has 0 saturated heterocycles. The van der Waals surface area contributed by atoms with Gasteiger partial charge in [0, 0.05) is 0 Å². The third-order valence-electron chi connectivity index (χ3n) is 3.41. The molecule has 1 atom stereocenters. The zero-order valence-electron chi connectivity index (χ0n) is 14.1. The van der Waals surface area contributed by atoms with Crippen LogP contribution in [0.15, 0.2) is 18.2 Å². The monoisotopic (exact) mass is 325 g/mol. The van der Waals surface area contributed by atoms with E-state index in [-0.39, 0.29) is 16.5 Å². The molecule has 0 amide bonds. The third-order valence-corrected chi connectivity index (χ3v) is 4.81. The van der Waals surface area contributed by atoms with Gasteiger partial charge in [-0.05, 0) is 36.8 Å². The molecule has 122 valence electrons. The van der Waals surface area contributed by atoms with Crippen LogP contribution in [0.5, 0.6) is 11.5 Å². The molecule has 22 heavy (non-hydrogen) atoms. The topological polar surface area (TPSA) is 52.6 Å². The van der Waals surface area contributed by atoms with Gasteiger partial charge in [-0.25, -0.2) is 4.79 Å². The average Bonchev–Trinajstić information content (AvgIpc) is 2.48. The Hall–Kier alpha value is -1.41. The first-order chi connectivity index (χ1) is 10.3. The second kappa shape index (κ2) is 8.28. The van der Waals surface area contributed by atoms with Crippen LogP contribution < -0.4 is 9.47 Å². The molecule has 0 radical (unpaired) electrons. The summed E-state index contributed by atoms with van der Waals surface area (Å²) >= 11 is 0. The molecule has 1 aromatic carbocycles. The van der Waals surface area contributed by atoms with Gasteiger partial charge in [0.2, 0.25) is 0 Å². The summed E-state index contributed by atoms with van der Waals surface area (Å²) in [6, 6.07) is 5.10. The third kappa shape index (κ3) is 5.42. The first kappa shape index (κ1) is 18.6. The van der Waals surface area contributed by atoms with Crippen molar-refractivity contribution in [1.29, 1.82) is 0 Å². The van der Waals surface area contributed by atoms with Crippen molar-refractivity contribution >= 4 is 13.3 Å². The van der Waals surface area contributed by atoms with E-state index in [0.29, 0.717) is 17.7 Å². The summed E-state index contributed by atoms with van der Waals surface area (Å²) in [4.78, 5) is 12.5. The predicted octanol–water partition coefficient (Wildman–Crippen LogP) is 4.89. The van der Waals surface area contributed by atoms with Gasteiger partial charge < -0.3 is 9.47 Å². The molecule has 0 fully saturated rings. The lowest BCUT2D eigenvalue weighted by molar-refractivity contribution is 0.107. The molecule has 4 nitrogen and oxygen atoms in total. The summed E-state index contributed by atoms with van der Waals surface area (Å²) < 4.78 is 22.7. The normalized spacial score (nSPS) is 12.0. The summed E-state index contributed by atoms with van der Waals surface area (Å²) in [6.45, 7) is 6.54. The van der Waals surface area contributed by atoms with E-state index < -0.39 is 7.80 Å². The van der Waals surface area contributed by atoms with Crippen molar-refractivity contribution in [1.82, 2.24) is 0 Å². The van der Waals surface area contributed by atoms with E-state index in [1.165, 1.54) is 14.2 Å². The highest BCUT2D eigenvalue weighted by Crippen LogP contribution is 2.38. The van der Waals surface area contributed by atoms with Crippen LogP contribution in [0.4, 0.5) is 0 Å². The predicted molar refractivity (Wildman–Crippen MR) is 89.7 cm³/mol. The maximum Gasteiger partial charge on any atom is 0.420 e. The van der Waals surface area contributed by atoms with Crippen LogP contribution in [0, 0.1) is 5.41 Å². The van der Waals surface area contributed by atoms with Gasteiger partial charge in [0.15, 0.2) is 11.7 Å². The number of hydrogen-bond donors (Lipinski definition) is 0. The maximum absolute atomic E-state index is 12.5. The SMILES string of the molecule is COc1cccc(OC)c1C(=O)[P+](=O)CCCCC(C)(C)C. The van der Waals surface area contributed by atoms with E-state index >= 15 is 0 Å². The summed E-state index contributed by atoms with van der Waals surface area (Å²) in [5.41, 5.74) is 0.158. The fourth-order valence-corrected chi connectivity index (χ4v) is 3.38. The minimum Gasteiger partial charge on any atom is -0.496 e. The molecule has 1 unspecified atom stereocenters. The van der Waals surface area contributed by atoms with Gasteiger partial charge in [0.25, 0.3) is 0 Å². The number of benzene rings is 1. The zero-order chi connectivity index (χ0) is 16.8. The van der Waals surface area contributed by atoms with E-state index in [1.54, 1.807) is 18.2 Å². The molecule has 0 aliphatic carbocycles. The van der Waals surface area contributed by atoms with Crippen molar-refractivity contribution in [3.05, 3.63) is 23.8 Å². The Morgan fingerprint density at radius 1 is 1.09 bits per heavy atom. The lowest BCUT2D eigenvalue weighted by atomic mass is 9.90. The second-order valence-corrected chi connectivity index (χ2v) is 8.07. The Kier molecular flexibility index (Phi) is 7.02. The van der Waals surface area contributed by atoms with Gasteiger partial charge in [-0.1, -0.05) is 31.4 Å². The minimum atomic E-state index is -1.96. The van der Waals surface area contributed by atoms with Crippen molar-refractivity contribution in [3.63, 3.8) is 0 Å². The van der Waals surface area contributed by atoms with E-state index in [2.05, 4.69) is 20.8 Å². The van der Waals surface area contributed by atoms with Crippen LogP contribution in [-0.4, -0.2) is 25.9 Å². The van der Waals surface area contributed by atoms with Crippen molar-refractivity contribution in [2.24, 2.45) is 5.41 Å². The molecular formula is C17H26O4P+. The number of carbonyl (C=O) groups is 1. The van der Waals surface area contributed by atoms with Gasteiger partial charge >= 0.3 is 13.3 Å². The number of methoxy groups -OCH3 is 2. The Labute approximate surface area is 134 Å². The summed E-state index contributed by atoms with van der Waals surface area (Å²) in [5.74, 6) is 0.810. The van der Waals surface area contributed by atoms with Crippen LogP contribution in [0.3, 0.4) is 0 Å².